The Morgan fingerprint density at radius 3 is 2.68 bits per heavy atom. The SMILES string of the molecule is CCC(Nc1ccc(C(N)=O)cn1)C1CCCCC1. The standard InChI is InChI=1S/C15H23N3O/c1-2-13(11-6-4-3-5-7-11)18-14-9-8-12(10-17-14)15(16)19/h8-11,13H,2-7H2,1H3,(H2,16,19)(H,17,18). The molecule has 1 atom stereocenters. The number of nitrogens with two attached hydrogens (primary N) is 1. The third kappa shape index (κ3) is 3.69. The largest absolute Gasteiger partial charge is 0.367 e. The lowest BCUT2D eigenvalue weighted by Crippen LogP contribution is -2.30. The number of carbonyl (C=O) groups is 1. The number of amides is 1. The van der Waals surface area contributed by atoms with E-state index in [9.17, 15) is 4.79 Å². The molecule has 0 bridgehead atoms. The number of primary amides is 1. The van der Waals surface area contributed by atoms with E-state index in [0.29, 0.717) is 11.6 Å². The summed E-state index contributed by atoms with van der Waals surface area (Å²) in [6.07, 6.45) is 9.32. The molecule has 1 fully saturated rings. The van der Waals surface area contributed by atoms with E-state index in [0.717, 1.165) is 18.2 Å². The van der Waals surface area contributed by atoms with E-state index >= 15 is 0 Å². The van der Waals surface area contributed by atoms with Crippen LogP contribution in [-0.4, -0.2) is 16.9 Å². The Morgan fingerprint density at radius 2 is 2.16 bits per heavy atom. The van der Waals surface area contributed by atoms with Gasteiger partial charge in [0.15, 0.2) is 0 Å². The van der Waals surface area contributed by atoms with Crippen LogP contribution in [0.4, 0.5) is 5.82 Å². The zero-order valence-electron chi connectivity index (χ0n) is 11.6. The Balaban J connectivity index is 1.99. The Morgan fingerprint density at radius 1 is 1.42 bits per heavy atom. The van der Waals surface area contributed by atoms with Crippen LogP contribution in [0.3, 0.4) is 0 Å². The summed E-state index contributed by atoms with van der Waals surface area (Å²) in [6.45, 7) is 2.21. The van der Waals surface area contributed by atoms with Crippen LogP contribution in [-0.2, 0) is 0 Å². The summed E-state index contributed by atoms with van der Waals surface area (Å²) >= 11 is 0. The molecule has 0 radical (unpaired) electrons. The number of hydrogen-bond acceptors (Lipinski definition) is 3. The van der Waals surface area contributed by atoms with Gasteiger partial charge >= 0.3 is 0 Å². The van der Waals surface area contributed by atoms with Crippen molar-refractivity contribution in [2.75, 3.05) is 5.32 Å². The Bertz CT molecular complexity index is 410. The summed E-state index contributed by atoms with van der Waals surface area (Å²) in [7, 11) is 0. The fourth-order valence-electron chi connectivity index (χ4n) is 2.90. The van der Waals surface area contributed by atoms with E-state index in [1.165, 1.54) is 38.3 Å². The van der Waals surface area contributed by atoms with Crippen molar-refractivity contribution in [3.63, 3.8) is 0 Å². The predicted molar refractivity (Wildman–Crippen MR) is 77.0 cm³/mol. The average molecular weight is 261 g/mol. The fraction of sp³-hybridized carbons (Fsp3) is 0.600. The molecule has 1 aromatic heterocycles. The lowest BCUT2D eigenvalue weighted by atomic mass is 9.83. The van der Waals surface area contributed by atoms with Gasteiger partial charge in [-0.05, 0) is 37.3 Å². The molecule has 3 N–H and O–H groups in total. The number of nitrogens with zero attached hydrogens (tertiary/aromatic N) is 1. The molecule has 1 saturated carbocycles. The second kappa shape index (κ2) is 6.55. The summed E-state index contributed by atoms with van der Waals surface area (Å²) in [5.41, 5.74) is 5.66. The van der Waals surface area contributed by atoms with Gasteiger partial charge in [-0.1, -0.05) is 26.2 Å². The Kier molecular flexibility index (Phi) is 4.77. The van der Waals surface area contributed by atoms with Gasteiger partial charge in [0.25, 0.3) is 0 Å². The number of hydrogen-bond donors (Lipinski definition) is 2. The molecule has 1 aliphatic carbocycles. The van der Waals surface area contributed by atoms with Crippen LogP contribution in [0, 0.1) is 5.92 Å². The van der Waals surface area contributed by atoms with Crippen LogP contribution in [0.1, 0.15) is 55.8 Å². The molecule has 0 aliphatic heterocycles. The van der Waals surface area contributed by atoms with Crippen molar-refractivity contribution in [1.82, 2.24) is 4.98 Å². The molecule has 1 heterocycles. The van der Waals surface area contributed by atoms with Crippen LogP contribution in [0.25, 0.3) is 0 Å². The first-order valence-corrected chi connectivity index (χ1v) is 7.23. The quantitative estimate of drug-likeness (QED) is 0.856. The van der Waals surface area contributed by atoms with Gasteiger partial charge in [-0.15, -0.1) is 0 Å². The molecular formula is C15H23N3O. The molecule has 1 amide bonds. The molecular weight excluding hydrogens is 238 g/mol. The van der Waals surface area contributed by atoms with Crippen molar-refractivity contribution in [3.8, 4) is 0 Å². The lowest BCUT2D eigenvalue weighted by molar-refractivity contribution is 0.1000. The van der Waals surface area contributed by atoms with Gasteiger partial charge < -0.3 is 11.1 Å². The second-order valence-corrected chi connectivity index (χ2v) is 5.35. The average Bonchev–Trinajstić information content (AvgIpc) is 2.46. The number of pyridine rings is 1. The first-order valence-electron chi connectivity index (χ1n) is 7.23. The van der Waals surface area contributed by atoms with Crippen LogP contribution in [0.15, 0.2) is 18.3 Å². The maximum atomic E-state index is 11.0. The van der Waals surface area contributed by atoms with Crippen molar-refractivity contribution >= 4 is 11.7 Å². The molecule has 0 saturated heterocycles. The minimum Gasteiger partial charge on any atom is -0.367 e. The summed E-state index contributed by atoms with van der Waals surface area (Å²) < 4.78 is 0. The highest BCUT2D eigenvalue weighted by atomic mass is 16.1. The van der Waals surface area contributed by atoms with Crippen LogP contribution in [0.2, 0.25) is 0 Å². The Hall–Kier alpha value is -1.58. The number of anilines is 1. The van der Waals surface area contributed by atoms with Crippen molar-refractivity contribution < 1.29 is 4.79 Å². The number of aromatic nitrogens is 1. The van der Waals surface area contributed by atoms with E-state index in [4.69, 9.17) is 5.73 Å². The highest BCUT2D eigenvalue weighted by molar-refractivity contribution is 5.92. The summed E-state index contributed by atoms with van der Waals surface area (Å²) in [5, 5.41) is 3.50. The third-order valence-electron chi connectivity index (χ3n) is 4.04. The van der Waals surface area contributed by atoms with E-state index < -0.39 is 5.91 Å². The Labute approximate surface area is 114 Å². The fourth-order valence-corrected chi connectivity index (χ4v) is 2.90. The van der Waals surface area contributed by atoms with E-state index in [1.54, 1.807) is 6.07 Å². The molecule has 104 valence electrons. The van der Waals surface area contributed by atoms with Crippen molar-refractivity contribution in [2.24, 2.45) is 11.7 Å². The van der Waals surface area contributed by atoms with Gasteiger partial charge in [-0.25, -0.2) is 4.98 Å². The number of nitrogens with one attached hydrogen (secondary N) is 1. The molecule has 19 heavy (non-hydrogen) atoms. The molecule has 4 heteroatoms. The zero-order chi connectivity index (χ0) is 13.7. The van der Waals surface area contributed by atoms with Gasteiger partial charge in [0.1, 0.15) is 5.82 Å². The summed E-state index contributed by atoms with van der Waals surface area (Å²) in [4.78, 5) is 15.3. The number of carbonyl (C=O) groups excluding carboxylic acids is 1. The van der Waals surface area contributed by atoms with Crippen LogP contribution < -0.4 is 11.1 Å². The maximum absolute atomic E-state index is 11.0. The van der Waals surface area contributed by atoms with Gasteiger partial charge in [0.05, 0.1) is 5.56 Å². The summed E-state index contributed by atoms with van der Waals surface area (Å²) in [5.74, 6) is 1.15. The molecule has 1 aliphatic rings. The minimum absolute atomic E-state index is 0.432. The molecule has 1 aromatic rings. The monoisotopic (exact) mass is 261 g/mol. The molecule has 1 unspecified atom stereocenters. The lowest BCUT2D eigenvalue weighted by Gasteiger charge is -2.30. The maximum Gasteiger partial charge on any atom is 0.250 e. The van der Waals surface area contributed by atoms with E-state index in [2.05, 4.69) is 17.2 Å². The first-order chi connectivity index (χ1) is 9.20. The highest BCUT2D eigenvalue weighted by Crippen LogP contribution is 2.29. The smallest absolute Gasteiger partial charge is 0.250 e. The van der Waals surface area contributed by atoms with Gasteiger partial charge in [0, 0.05) is 12.2 Å². The summed E-state index contributed by atoms with van der Waals surface area (Å²) in [6, 6.07) is 4.05. The molecule has 4 nitrogen and oxygen atoms in total. The molecule has 0 aromatic carbocycles. The van der Waals surface area contributed by atoms with Crippen molar-refractivity contribution in [3.05, 3.63) is 23.9 Å². The predicted octanol–water partition coefficient (Wildman–Crippen LogP) is 2.95. The van der Waals surface area contributed by atoms with Crippen molar-refractivity contribution in [2.45, 2.75) is 51.5 Å². The van der Waals surface area contributed by atoms with E-state index in [1.807, 2.05) is 6.07 Å². The van der Waals surface area contributed by atoms with Gasteiger partial charge in [0.2, 0.25) is 5.91 Å². The normalized spacial score (nSPS) is 17.9. The zero-order valence-corrected chi connectivity index (χ0v) is 11.6. The topological polar surface area (TPSA) is 68.0 Å². The van der Waals surface area contributed by atoms with Gasteiger partial charge in [-0.2, -0.15) is 0 Å². The third-order valence-corrected chi connectivity index (χ3v) is 4.04. The molecule has 2 rings (SSSR count). The van der Waals surface area contributed by atoms with Crippen LogP contribution >= 0.6 is 0 Å². The van der Waals surface area contributed by atoms with Gasteiger partial charge in [-0.3, -0.25) is 4.79 Å². The minimum atomic E-state index is -0.432. The van der Waals surface area contributed by atoms with Crippen LogP contribution in [0.5, 0.6) is 0 Å². The van der Waals surface area contributed by atoms with E-state index in [-0.39, 0.29) is 0 Å². The second-order valence-electron chi connectivity index (χ2n) is 5.35. The van der Waals surface area contributed by atoms with Crippen molar-refractivity contribution in [1.29, 1.82) is 0 Å². The highest BCUT2D eigenvalue weighted by Gasteiger charge is 2.22. The number of rotatable bonds is 5. The first kappa shape index (κ1) is 13.8. The molecule has 0 spiro atoms.